The highest BCUT2D eigenvalue weighted by atomic mass is 19.1. The Bertz CT molecular complexity index is 1410. The molecule has 0 unspecified atom stereocenters. The van der Waals surface area contributed by atoms with E-state index in [4.69, 9.17) is 4.98 Å². The molecule has 1 aromatic carbocycles. The molecule has 1 aliphatic rings. The number of hydrogen-bond donors (Lipinski definition) is 0. The van der Waals surface area contributed by atoms with Gasteiger partial charge in [0.25, 0.3) is 5.91 Å². The molecular formula is C27H28FN7O. The van der Waals surface area contributed by atoms with Crippen LogP contribution in [-0.2, 0) is 0 Å². The van der Waals surface area contributed by atoms with Crippen LogP contribution in [0.3, 0.4) is 0 Å². The predicted molar refractivity (Wildman–Crippen MR) is 136 cm³/mol. The summed E-state index contributed by atoms with van der Waals surface area (Å²) in [6, 6.07) is 11.7. The molecule has 0 saturated carbocycles. The first kappa shape index (κ1) is 23.6. The van der Waals surface area contributed by atoms with Crippen molar-refractivity contribution in [3.05, 3.63) is 83.3 Å². The van der Waals surface area contributed by atoms with Crippen LogP contribution in [0.5, 0.6) is 0 Å². The molecule has 1 atom stereocenters. The number of aryl methyl sites for hydroxylation is 2. The lowest BCUT2D eigenvalue weighted by Crippen LogP contribution is -2.31. The van der Waals surface area contributed by atoms with Gasteiger partial charge >= 0.3 is 0 Å². The highest BCUT2D eigenvalue weighted by Gasteiger charge is 2.34. The summed E-state index contributed by atoms with van der Waals surface area (Å²) in [5, 5.41) is 4.47. The number of anilines is 1. The van der Waals surface area contributed by atoms with Gasteiger partial charge in [-0.05, 0) is 62.6 Å². The minimum Gasteiger partial charge on any atom is -0.347 e. The molecular weight excluding hydrogens is 457 g/mol. The highest BCUT2D eigenvalue weighted by Crippen LogP contribution is 2.38. The SMILES string of the molecule is Cc1cc(C)n(-c2ccc(C(=O)N3CCC[C@H]3c3nc(N(C)C)ncc3-c3cccc(F)c3)cn2)n1. The smallest absolute Gasteiger partial charge is 0.255 e. The van der Waals surface area contributed by atoms with E-state index in [1.165, 1.54) is 12.1 Å². The van der Waals surface area contributed by atoms with Crippen LogP contribution in [0.25, 0.3) is 16.9 Å². The maximum atomic E-state index is 14.1. The number of hydrogen-bond acceptors (Lipinski definition) is 6. The zero-order valence-corrected chi connectivity index (χ0v) is 20.8. The van der Waals surface area contributed by atoms with E-state index in [0.29, 0.717) is 29.4 Å². The summed E-state index contributed by atoms with van der Waals surface area (Å²) in [4.78, 5) is 31.1. The van der Waals surface area contributed by atoms with Crippen molar-refractivity contribution in [2.45, 2.75) is 32.7 Å². The Balaban J connectivity index is 1.49. The van der Waals surface area contributed by atoms with Crippen molar-refractivity contribution in [3.63, 3.8) is 0 Å². The number of rotatable bonds is 5. The minimum absolute atomic E-state index is 0.111. The zero-order valence-electron chi connectivity index (χ0n) is 20.8. The number of likely N-dealkylation sites (tertiary alicyclic amines) is 1. The van der Waals surface area contributed by atoms with E-state index in [1.807, 2.05) is 55.9 Å². The van der Waals surface area contributed by atoms with E-state index < -0.39 is 0 Å². The summed E-state index contributed by atoms with van der Waals surface area (Å²) in [7, 11) is 3.74. The van der Waals surface area contributed by atoms with Gasteiger partial charge in [0.2, 0.25) is 5.95 Å². The third-order valence-corrected chi connectivity index (χ3v) is 6.39. The largest absolute Gasteiger partial charge is 0.347 e. The fourth-order valence-electron chi connectivity index (χ4n) is 4.69. The molecule has 3 aromatic heterocycles. The molecule has 0 aliphatic carbocycles. The van der Waals surface area contributed by atoms with E-state index in [0.717, 1.165) is 35.5 Å². The number of nitrogens with zero attached hydrogens (tertiary/aromatic N) is 7. The second-order valence-electron chi connectivity index (χ2n) is 9.27. The first-order chi connectivity index (χ1) is 17.3. The second kappa shape index (κ2) is 9.49. The van der Waals surface area contributed by atoms with E-state index in [2.05, 4.69) is 15.1 Å². The molecule has 1 amide bonds. The molecule has 4 heterocycles. The van der Waals surface area contributed by atoms with Crippen LogP contribution in [-0.4, -0.2) is 56.2 Å². The fourth-order valence-corrected chi connectivity index (χ4v) is 4.69. The number of carbonyl (C=O) groups excluding carboxylic acids is 1. The van der Waals surface area contributed by atoms with Crippen molar-refractivity contribution in [1.82, 2.24) is 29.6 Å². The zero-order chi connectivity index (χ0) is 25.4. The summed E-state index contributed by atoms with van der Waals surface area (Å²) in [6.45, 7) is 4.50. The van der Waals surface area contributed by atoms with Gasteiger partial charge in [-0.2, -0.15) is 5.10 Å². The van der Waals surface area contributed by atoms with Gasteiger partial charge in [0.15, 0.2) is 5.82 Å². The third-order valence-electron chi connectivity index (χ3n) is 6.39. The molecule has 1 aliphatic heterocycles. The molecule has 0 radical (unpaired) electrons. The molecule has 1 fully saturated rings. The first-order valence-electron chi connectivity index (χ1n) is 11.9. The summed E-state index contributed by atoms with van der Waals surface area (Å²) >= 11 is 0. The monoisotopic (exact) mass is 485 g/mol. The quantitative estimate of drug-likeness (QED) is 0.413. The van der Waals surface area contributed by atoms with Gasteiger partial charge in [-0.3, -0.25) is 4.79 Å². The summed E-state index contributed by atoms with van der Waals surface area (Å²) in [5.41, 5.74) is 4.52. The fraction of sp³-hybridized carbons (Fsp3) is 0.296. The number of carbonyl (C=O) groups is 1. The van der Waals surface area contributed by atoms with E-state index in [-0.39, 0.29) is 17.8 Å². The van der Waals surface area contributed by atoms with E-state index in [1.54, 1.807) is 29.2 Å². The predicted octanol–water partition coefficient (Wildman–Crippen LogP) is 4.52. The molecule has 5 rings (SSSR count). The number of aromatic nitrogens is 5. The maximum absolute atomic E-state index is 14.1. The number of pyridine rings is 1. The summed E-state index contributed by atoms with van der Waals surface area (Å²) in [5.74, 6) is 0.763. The van der Waals surface area contributed by atoms with Crippen molar-refractivity contribution in [2.75, 3.05) is 25.5 Å². The second-order valence-corrected chi connectivity index (χ2v) is 9.27. The lowest BCUT2D eigenvalue weighted by atomic mass is 9.99. The van der Waals surface area contributed by atoms with Gasteiger partial charge in [-0.25, -0.2) is 24.0 Å². The Morgan fingerprint density at radius 1 is 1.08 bits per heavy atom. The molecule has 0 spiro atoms. The summed E-state index contributed by atoms with van der Waals surface area (Å²) in [6.07, 6.45) is 4.92. The number of amides is 1. The molecule has 36 heavy (non-hydrogen) atoms. The van der Waals surface area contributed by atoms with Crippen LogP contribution in [0.4, 0.5) is 10.3 Å². The molecule has 4 aromatic rings. The maximum Gasteiger partial charge on any atom is 0.255 e. The molecule has 1 saturated heterocycles. The normalized spacial score (nSPS) is 15.4. The van der Waals surface area contributed by atoms with Gasteiger partial charge in [-0.15, -0.1) is 0 Å². The summed E-state index contributed by atoms with van der Waals surface area (Å²) < 4.78 is 15.8. The van der Waals surface area contributed by atoms with Crippen molar-refractivity contribution in [3.8, 4) is 16.9 Å². The van der Waals surface area contributed by atoms with Crippen molar-refractivity contribution >= 4 is 11.9 Å². The third kappa shape index (κ3) is 4.44. The number of halogens is 1. The van der Waals surface area contributed by atoms with Gasteiger partial charge < -0.3 is 9.80 Å². The highest BCUT2D eigenvalue weighted by molar-refractivity contribution is 5.94. The Morgan fingerprint density at radius 3 is 2.58 bits per heavy atom. The van der Waals surface area contributed by atoms with Crippen LogP contribution < -0.4 is 4.90 Å². The molecule has 8 nitrogen and oxygen atoms in total. The minimum atomic E-state index is -0.330. The standard InChI is InChI=1S/C27H28FN7O/c1-17-13-18(2)35(32-17)24-11-10-20(15-29-24)26(36)34-12-6-9-23(34)25-22(16-30-27(31-25)33(3)4)19-7-5-8-21(28)14-19/h5,7-8,10-11,13-16,23H,6,9,12H2,1-4H3/t23-/m0/s1. The van der Waals surface area contributed by atoms with Gasteiger partial charge in [0, 0.05) is 44.3 Å². The topological polar surface area (TPSA) is 80.0 Å². The average Bonchev–Trinajstić information content (AvgIpc) is 3.49. The van der Waals surface area contributed by atoms with Crippen molar-refractivity contribution in [1.29, 1.82) is 0 Å². The van der Waals surface area contributed by atoms with Gasteiger partial charge in [0.1, 0.15) is 5.82 Å². The number of benzene rings is 1. The molecule has 9 heteroatoms. The van der Waals surface area contributed by atoms with Crippen LogP contribution in [0.2, 0.25) is 0 Å². The van der Waals surface area contributed by atoms with Crippen LogP contribution >= 0.6 is 0 Å². The van der Waals surface area contributed by atoms with E-state index >= 15 is 0 Å². The molecule has 0 bridgehead atoms. The van der Waals surface area contributed by atoms with Gasteiger partial charge in [-0.1, -0.05) is 12.1 Å². The Kier molecular flexibility index (Phi) is 6.22. The lowest BCUT2D eigenvalue weighted by molar-refractivity contribution is 0.0733. The van der Waals surface area contributed by atoms with Crippen LogP contribution in [0, 0.1) is 19.7 Å². The average molecular weight is 486 g/mol. The Morgan fingerprint density at radius 2 is 1.92 bits per heavy atom. The molecule has 0 N–H and O–H groups in total. The van der Waals surface area contributed by atoms with Crippen LogP contribution in [0.15, 0.2) is 54.9 Å². The lowest BCUT2D eigenvalue weighted by Gasteiger charge is -2.27. The Hall–Kier alpha value is -4.14. The first-order valence-corrected chi connectivity index (χ1v) is 11.9. The van der Waals surface area contributed by atoms with Crippen LogP contribution in [0.1, 0.15) is 46.3 Å². The Labute approximate surface area is 209 Å². The van der Waals surface area contributed by atoms with Crippen molar-refractivity contribution in [2.24, 2.45) is 0 Å². The van der Waals surface area contributed by atoms with Crippen molar-refractivity contribution < 1.29 is 9.18 Å². The van der Waals surface area contributed by atoms with Gasteiger partial charge in [0.05, 0.1) is 23.0 Å². The van der Waals surface area contributed by atoms with E-state index in [9.17, 15) is 9.18 Å². The molecule has 184 valence electrons.